The molecule has 1 heterocycles. The van der Waals surface area contributed by atoms with Gasteiger partial charge in [-0.3, -0.25) is 9.48 Å². The second kappa shape index (κ2) is 7.41. The van der Waals surface area contributed by atoms with E-state index in [0.29, 0.717) is 11.4 Å². The first-order valence-corrected chi connectivity index (χ1v) is 8.04. The summed E-state index contributed by atoms with van der Waals surface area (Å²) in [6, 6.07) is 1.97. The number of anilines is 1. The molecule has 1 atom stereocenters. The van der Waals surface area contributed by atoms with Crippen molar-refractivity contribution in [3.63, 3.8) is 0 Å². The zero-order chi connectivity index (χ0) is 18.9. The smallest absolute Gasteiger partial charge is 0.340 e. The molecule has 1 aromatic carbocycles. The Bertz CT molecular complexity index is 852. The van der Waals surface area contributed by atoms with E-state index in [-0.39, 0.29) is 15.6 Å². The molecule has 25 heavy (non-hydrogen) atoms. The fraction of sp³-hybridized carbons (Fsp3) is 0.312. The molecular formula is C16H16Cl2FN3O3. The molecular weight excluding hydrogens is 372 g/mol. The fourth-order valence-electron chi connectivity index (χ4n) is 2.14. The van der Waals surface area contributed by atoms with Gasteiger partial charge in [-0.2, -0.15) is 5.10 Å². The van der Waals surface area contributed by atoms with E-state index in [1.165, 1.54) is 6.92 Å². The third-order valence-corrected chi connectivity index (χ3v) is 4.24. The highest BCUT2D eigenvalue weighted by Crippen LogP contribution is 2.25. The molecule has 0 radical (unpaired) electrons. The number of amides is 1. The molecule has 6 nitrogen and oxygen atoms in total. The van der Waals surface area contributed by atoms with Crippen molar-refractivity contribution in [2.75, 3.05) is 5.32 Å². The second-order valence-corrected chi connectivity index (χ2v) is 6.27. The van der Waals surface area contributed by atoms with Gasteiger partial charge in [-0.25, -0.2) is 9.18 Å². The fourth-order valence-corrected chi connectivity index (χ4v) is 2.60. The molecule has 0 saturated carbocycles. The second-order valence-electron chi connectivity index (χ2n) is 5.45. The lowest BCUT2D eigenvalue weighted by Crippen LogP contribution is -2.30. The van der Waals surface area contributed by atoms with Crippen LogP contribution in [-0.2, 0) is 16.6 Å². The third-order valence-electron chi connectivity index (χ3n) is 3.64. The van der Waals surface area contributed by atoms with E-state index >= 15 is 0 Å². The SMILES string of the molecule is Cc1nn(C)c(C)c1NC(=O)[C@@H](C)OC(=O)c1cc(F)c(Cl)cc1Cl. The largest absolute Gasteiger partial charge is 0.449 e. The van der Waals surface area contributed by atoms with Crippen molar-refractivity contribution in [1.82, 2.24) is 9.78 Å². The van der Waals surface area contributed by atoms with Crippen molar-refractivity contribution in [3.05, 3.63) is 44.9 Å². The number of carbonyl (C=O) groups excluding carboxylic acids is 2. The maximum absolute atomic E-state index is 13.5. The number of nitrogens with one attached hydrogen (secondary N) is 1. The van der Waals surface area contributed by atoms with E-state index in [1.807, 2.05) is 0 Å². The molecule has 1 amide bonds. The number of benzene rings is 1. The monoisotopic (exact) mass is 387 g/mol. The summed E-state index contributed by atoms with van der Waals surface area (Å²) in [5.74, 6) is -2.28. The van der Waals surface area contributed by atoms with Crippen molar-refractivity contribution in [3.8, 4) is 0 Å². The number of aryl methyl sites for hydroxylation is 2. The highest BCUT2D eigenvalue weighted by molar-refractivity contribution is 6.36. The van der Waals surface area contributed by atoms with Gasteiger partial charge >= 0.3 is 5.97 Å². The van der Waals surface area contributed by atoms with Crippen molar-refractivity contribution in [2.24, 2.45) is 7.05 Å². The Balaban J connectivity index is 2.11. The van der Waals surface area contributed by atoms with Crippen molar-refractivity contribution < 1.29 is 18.7 Å². The zero-order valence-corrected chi connectivity index (χ0v) is 15.5. The summed E-state index contributed by atoms with van der Waals surface area (Å²) in [4.78, 5) is 24.4. The van der Waals surface area contributed by atoms with Crippen LogP contribution in [0.25, 0.3) is 0 Å². The standard InChI is InChI=1S/C16H16Cl2FN3O3/c1-7-14(8(2)22(4)21-7)20-15(23)9(3)25-16(24)10-5-13(19)12(18)6-11(10)17/h5-6,9H,1-4H3,(H,20,23)/t9-/m1/s1. The zero-order valence-electron chi connectivity index (χ0n) is 14.0. The van der Waals surface area contributed by atoms with Crippen LogP contribution < -0.4 is 5.32 Å². The average molecular weight is 388 g/mol. The number of nitrogens with zero attached hydrogens (tertiary/aromatic N) is 2. The molecule has 0 aliphatic rings. The lowest BCUT2D eigenvalue weighted by atomic mass is 10.2. The number of carbonyl (C=O) groups is 2. The minimum Gasteiger partial charge on any atom is -0.449 e. The summed E-state index contributed by atoms with van der Waals surface area (Å²) < 4.78 is 20.2. The number of aromatic nitrogens is 2. The lowest BCUT2D eigenvalue weighted by molar-refractivity contribution is -0.123. The molecule has 1 aromatic heterocycles. The minimum absolute atomic E-state index is 0.0667. The van der Waals surface area contributed by atoms with Gasteiger partial charge in [0.1, 0.15) is 5.82 Å². The molecule has 0 bridgehead atoms. The topological polar surface area (TPSA) is 73.2 Å². The Hall–Kier alpha value is -2.12. The number of esters is 1. The van der Waals surface area contributed by atoms with Crippen molar-refractivity contribution in [2.45, 2.75) is 26.9 Å². The number of hydrogen-bond donors (Lipinski definition) is 1. The molecule has 1 N–H and O–H groups in total. The molecule has 0 spiro atoms. The van der Waals surface area contributed by atoms with Gasteiger partial charge in [0.05, 0.1) is 32.7 Å². The van der Waals surface area contributed by atoms with Crippen molar-refractivity contribution in [1.29, 1.82) is 0 Å². The first-order valence-electron chi connectivity index (χ1n) is 7.28. The van der Waals surface area contributed by atoms with E-state index in [1.54, 1.807) is 25.6 Å². The van der Waals surface area contributed by atoms with E-state index < -0.39 is 23.8 Å². The molecule has 0 aliphatic heterocycles. The molecule has 2 rings (SSSR count). The van der Waals surface area contributed by atoms with Crippen LogP contribution >= 0.6 is 23.2 Å². The Morgan fingerprint density at radius 3 is 2.48 bits per heavy atom. The Morgan fingerprint density at radius 1 is 1.28 bits per heavy atom. The van der Waals surface area contributed by atoms with Gasteiger partial charge in [0.2, 0.25) is 0 Å². The Kier molecular flexibility index (Phi) is 5.69. The van der Waals surface area contributed by atoms with Crippen LogP contribution in [0, 0.1) is 19.7 Å². The minimum atomic E-state index is -1.12. The van der Waals surface area contributed by atoms with Crippen LogP contribution in [0.2, 0.25) is 10.0 Å². The van der Waals surface area contributed by atoms with E-state index in [2.05, 4.69) is 10.4 Å². The summed E-state index contributed by atoms with van der Waals surface area (Å²) in [5, 5.41) is 6.57. The summed E-state index contributed by atoms with van der Waals surface area (Å²) in [5.41, 5.74) is 1.73. The number of hydrogen-bond acceptors (Lipinski definition) is 4. The van der Waals surface area contributed by atoms with Gasteiger partial charge in [0.15, 0.2) is 6.10 Å². The van der Waals surface area contributed by atoms with E-state index in [0.717, 1.165) is 17.8 Å². The highest BCUT2D eigenvalue weighted by atomic mass is 35.5. The molecule has 0 fully saturated rings. The van der Waals surface area contributed by atoms with Crippen LogP contribution in [0.3, 0.4) is 0 Å². The quantitative estimate of drug-likeness (QED) is 0.641. The molecule has 9 heteroatoms. The predicted molar refractivity (Wildman–Crippen MR) is 92.6 cm³/mol. The number of halogens is 3. The van der Waals surface area contributed by atoms with Crippen LogP contribution in [0.4, 0.5) is 10.1 Å². The first kappa shape index (κ1) is 19.2. The molecule has 134 valence electrons. The first-order chi connectivity index (χ1) is 11.6. The van der Waals surface area contributed by atoms with E-state index in [4.69, 9.17) is 27.9 Å². The average Bonchev–Trinajstić information content (AvgIpc) is 2.76. The van der Waals surface area contributed by atoms with Crippen LogP contribution in [0.5, 0.6) is 0 Å². The third kappa shape index (κ3) is 4.11. The van der Waals surface area contributed by atoms with Crippen LogP contribution in [-0.4, -0.2) is 27.8 Å². The van der Waals surface area contributed by atoms with Gasteiger partial charge in [0.25, 0.3) is 5.91 Å². The normalized spacial score (nSPS) is 12.0. The summed E-state index contributed by atoms with van der Waals surface area (Å²) in [6.07, 6.45) is -1.12. The van der Waals surface area contributed by atoms with Gasteiger partial charge in [-0.1, -0.05) is 23.2 Å². The van der Waals surface area contributed by atoms with Crippen molar-refractivity contribution >= 4 is 40.8 Å². The molecule has 0 unspecified atom stereocenters. The molecule has 0 aliphatic carbocycles. The summed E-state index contributed by atoms with van der Waals surface area (Å²) in [6.45, 7) is 4.94. The Morgan fingerprint density at radius 2 is 1.92 bits per heavy atom. The summed E-state index contributed by atoms with van der Waals surface area (Å²) in [7, 11) is 1.75. The number of rotatable bonds is 4. The highest BCUT2D eigenvalue weighted by Gasteiger charge is 2.23. The predicted octanol–water partition coefficient (Wildman–Crippen LogP) is 3.67. The maximum Gasteiger partial charge on any atom is 0.340 e. The van der Waals surface area contributed by atoms with Gasteiger partial charge in [0, 0.05) is 7.05 Å². The maximum atomic E-state index is 13.5. The molecule has 0 saturated heterocycles. The van der Waals surface area contributed by atoms with E-state index in [9.17, 15) is 14.0 Å². The van der Waals surface area contributed by atoms with Gasteiger partial charge < -0.3 is 10.1 Å². The Labute approximate surface area is 153 Å². The number of ether oxygens (including phenoxy) is 1. The lowest BCUT2D eigenvalue weighted by Gasteiger charge is -2.14. The van der Waals surface area contributed by atoms with Crippen LogP contribution in [0.1, 0.15) is 28.7 Å². The van der Waals surface area contributed by atoms with Crippen LogP contribution in [0.15, 0.2) is 12.1 Å². The summed E-state index contributed by atoms with van der Waals surface area (Å²) >= 11 is 11.5. The van der Waals surface area contributed by atoms with Gasteiger partial charge in [-0.15, -0.1) is 0 Å². The molecule has 2 aromatic rings. The van der Waals surface area contributed by atoms with Gasteiger partial charge in [-0.05, 0) is 32.9 Å².